The first kappa shape index (κ1) is 22.4. The number of hydrogen-bond acceptors (Lipinski definition) is 5. The molecule has 1 fully saturated rings. The van der Waals surface area contributed by atoms with E-state index in [9.17, 15) is 8.42 Å². The summed E-state index contributed by atoms with van der Waals surface area (Å²) in [5, 5.41) is -0.528. The van der Waals surface area contributed by atoms with E-state index in [1.54, 1.807) is 18.2 Å². The van der Waals surface area contributed by atoms with Gasteiger partial charge in [0, 0.05) is 19.0 Å². The smallest absolute Gasteiger partial charge is 0.188 e. The van der Waals surface area contributed by atoms with Gasteiger partial charge in [0.1, 0.15) is 27.8 Å². The first-order valence-electron chi connectivity index (χ1n) is 11.7. The zero-order valence-corrected chi connectivity index (χ0v) is 19.5. The van der Waals surface area contributed by atoms with Crippen molar-refractivity contribution in [1.29, 1.82) is 0 Å². The van der Waals surface area contributed by atoms with Gasteiger partial charge in [0.15, 0.2) is 9.84 Å². The Balaban J connectivity index is 1.31. The van der Waals surface area contributed by atoms with E-state index in [2.05, 4.69) is 24.0 Å². The molecule has 1 saturated heterocycles. The van der Waals surface area contributed by atoms with E-state index < -0.39 is 15.1 Å². The highest BCUT2D eigenvalue weighted by Crippen LogP contribution is 2.40. The molecular weight excluding hydrogens is 410 g/mol. The SMILES string of the molecule is CC[C@H]1[C@H](C2C=CC(OCCCN3CCC[C@H](C)C3)=CC2)Oc2ccccc2S1(=O)=O. The van der Waals surface area contributed by atoms with Crippen LogP contribution >= 0.6 is 0 Å². The van der Waals surface area contributed by atoms with Crippen molar-refractivity contribution in [2.75, 3.05) is 26.2 Å². The molecule has 1 aliphatic carbocycles. The molecule has 170 valence electrons. The number of benzene rings is 1. The average Bonchev–Trinajstić information content (AvgIpc) is 2.77. The van der Waals surface area contributed by atoms with E-state index in [0.717, 1.165) is 31.1 Å². The van der Waals surface area contributed by atoms with Crippen molar-refractivity contribution in [3.63, 3.8) is 0 Å². The van der Waals surface area contributed by atoms with E-state index in [4.69, 9.17) is 9.47 Å². The van der Waals surface area contributed by atoms with E-state index >= 15 is 0 Å². The summed E-state index contributed by atoms with van der Waals surface area (Å²) in [7, 11) is -3.39. The van der Waals surface area contributed by atoms with E-state index in [1.165, 1.54) is 25.9 Å². The minimum Gasteiger partial charge on any atom is -0.494 e. The number of rotatable bonds is 7. The number of likely N-dealkylation sites (tertiary alicyclic amines) is 1. The number of sulfone groups is 1. The molecule has 4 rings (SSSR count). The lowest BCUT2D eigenvalue weighted by molar-refractivity contribution is 0.132. The summed E-state index contributed by atoms with van der Waals surface area (Å²) in [5.41, 5.74) is 0. The Kier molecular flexibility index (Phi) is 7.07. The summed E-state index contributed by atoms with van der Waals surface area (Å²) >= 11 is 0. The topological polar surface area (TPSA) is 55.8 Å². The fourth-order valence-electron chi connectivity index (χ4n) is 5.10. The second-order valence-electron chi connectivity index (χ2n) is 9.14. The predicted molar refractivity (Wildman–Crippen MR) is 123 cm³/mol. The molecule has 0 aromatic heterocycles. The summed E-state index contributed by atoms with van der Waals surface area (Å²) in [6.45, 7) is 8.48. The first-order chi connectivity index (χ1) is 15.0. The Morgan fingerprint density at radius 1 is 1.26 bits per heavy atom. The molecule has 0 bridgehead atoms. The Bertz CT molecular complexity index is 923. The Labute approximate surface area is 187 Å². The van der Waals surface area contributed by atoms with Crippen LogP contribution in [0.4, 0.5) is 0 Å². The van der Waals surface area contributed by atoms with Gasteiger partial charge in [-0.3, -0.25) is 0 Å². The zero-order chi connectivity index (χ0) is 21.8. The number of para-hydroxylation sites is 1. The molecule has 0 N–H and O–H groups in total. The quantitative estimate of drug-likeness (QED) is 0.574. The first-order valence-corrected chi connectivity index (χ1v) is 13.3. The largest absolute Gasteiger partial charge is 0.494 e. The van der Waals surface area contributed by atoms with Gasteiger partial charge in [-0.25, -0.2) is 8.42 Å². The molecule has 5 nitrogen and oxygen atoms in total. The fraction of sp³-hybridized carbons (Fsp3) is 0.600. The third-order valence-electron chi connectivity index (χ3n) is 6.74. The molecule has 6 heteroatoms. The van der Waals surface area contributed by atoms with Crippen LogP contribution < -0.4 is 4.74 Å². The van der Waals surface area contributed by atoms with Crippen LogP contribution in [-0.4, -0.2) is 50.9 Å². The van der Waals surface area contributed by atoms with Crippen molar-refractivity contribution in [2.45, 2.75) is 62.2 Å². The number of piperidine rings is 1. The third-order valence-corrected chi connectivity index (χ3v) is 9.08. The van der Waals surface area contributed by atoms with Crippen molar-refractivity contribution >= 4 is 9.84 Å². The molecule has 0 radical (unpaired) electrons. The van der Waals surface area contributed by atoms with Crippen LogP contribution in [0.5, 0.6) is 5.75 Å². The summed E-state index contributed by atoms with van der Waals surface area (Å²) in [5.74, 6) is 2.19. The van der Waals surface area contributed by atoms with E-state index in [0.29, 0.717) is 23.7 Å². The maximum absolute atomic E-state index is 13.1. The fourth-order valence-corrected chi connectivity index (χ4v) is 7.14. The summed E-state index contributed by atoms with van der Waals surface area (Å²) < 4.78 is 38.4. The normalized spacial score (nSPS) is 30.2. The second kappa shape index (κ2) is 9.78. The summed E-state index contributed by atoms with van der Waals surface area (Å²) in [6, 6.07) is 6.98. The Morgan fingerprint density at radius 3 is 2.84 bits per heavy atom. The zero-order valence-electron chi connectivity index (χ0n) is 18.7. The number of hydrogen-bond donors (Lipinski definition) is 0. The van der Waals surface area contributed by atoms with Gasteiger partial charge >= 0.3 is 0 Å². The van der Waals surface area contributed by atoms with Crippen LogP contribution in [0.25, 0.3) is 0 Å². The molecule has 1 unspecified atom stereocenters. The molecule has 2 heterocycles. The van der Waals surface area contributed by atoms with Gasteiger partial charge < -0.3 is 14.4 Å². The monoisotopic (exact) mass is 445 g/mol. The van der Waals surface area contributed by atoms with Gasteiger partial charge in [0.05, 0.1) is 6.61 Å². The number of ether oxygens (including phenoxy) is 2. The molecule has 4 atom stereocenters. The van der Waals surface area contributed by atoms with Gasteiger partial charge in [-0.2, -0.15) is 0 Å². The van der Waals surface area contributed by atoms with Gasteiger partial charge in [-0.05, 0) is 68.9 Å². The molecule has 3 aliphatic rings. The lowest BCUT2D eigenvalue weighted by atomic mass is 9.91. The maximum Gasteiger partial charge on any atom is 0.188 e. The molecule has 31 heavy (non-hydrogen) atoms. The van der Waals surface area contributed by atoms with Crippen LogP contribution in [-0.2, 0) is 14.6 Å². The number of fused-ring (bicyclic) bond motifs is 1. The van der Waals surface area contributed by atoms with Gasteiger partial charge in [-0.1, -0.05) is 32.1 Å². The maximum atomic E-state index is 13.1. The average molecular weight is 446 g/mol. The molecular formula is C25H35NO4S. The van der Waals surface area contributed by atoms with Gasteiger partial charge in [0.25, 0.3) is 0 Å². The van der Waals surface area contributed by atoms with Crippen LogP contribution in [0.2, 0.25) is 0 Å². The Morgan fingerprint density at radius 2 is 2.10 bits per heavy atom. The highest BCUT2D eigenvalue weighted by Gasteiger charge is 2.44. The van der Waals surface area contributed by atoms with Crippen molar-refractivity contribution in [3.8, 4) is 5.75 Å². The molecule has 0 spiro atoms. The Hall–Kier alpha value is -1.79. The van der Waals surface area contributed by atoms with Crippen LogP contribution in [0, 0.1) is 11.8 Å². The van der Waals surface area contributed by atoms with Crippen LogP contribution in [0.3, 0.4) is 0 Å². The lowest BCUT2D eigenvalue weighted by Gasteiger charge is -2.37. The lowest BCUT2D eigenvalue weighted by Crippen LogP contribution is -2.46. The van der Waals surface area contributed by atoms with Gasteiger partial charge in [0.2, 0.25) is 0 Å². The van der Waals surface area contributed by atoms with Gasteiger partial charge in [-0.15, -0.1) is 0 Å². The second-order valence-corrected chi connectivity index (χ2v) is 11.3. The van der Waals surface area contributed by atoms with Crippen LogP contribution in [0.1, 0.15) is 46.0 Å². The molecule has 1 aromatic rings. The number of nitrogens with zero attached hydrogens (tertiary/aromatic N) is 1. The molecule has 1 aromatic carbocycles. The van der Waals surface area contributed by atoms with Crippen molar-refractivity contribution < 1.29 is 17.9 Å². The minimum absolute atomic E-state index is 0.0234. The van der Waals surface area contributed by atoms with Crippen molar-refractivity contribution in [2.24, 2.45) is 11.8 Å². The molecule has 0 amide bonds. The van der Waals surface area contributed by atoms with Crippen molar-refractivity contribution in [1.82, 2.24) is 4.90 Å². The standard InChI is InChI=1S/C25H35NO4S/c1-3-23-25(30-22-9-4-5-10-24(22)31(23,27)28)20-11-13-21(14-12-20)29-17-7-16-26-15-6-8-19(2)18-26/h4-5,9-11,13-14,19-20,23,25H,3,6-8,12,15-18H2,1-2H3/t19-,20?,23-,25-/m0/s1. The third kappa shape index (κ3) is 5.01. The number of allylic oxidation sites excluding steroid dienone is 2. The van der Waals surface area contributed by atoms with E-state index in [-0.39, 0.29) is 12.0 Å². The highest BCUT2D eigenvalue weighted by molar-refractivity contribution is 7.92. The van der Waals surface area contributed by atoms with Crippen molar-refractivity contribution in [3.05, 3.63) is 48.3 Å². The summed E-state index contributed by atoms with van der Waals surface area (Å²) in [4.78, 5) is 2.86. The molecule has 0 saturated carbocycles. The predicted octanol–water partition coefficient (Wildman–Crippen LogP) is 4.60. The summed E-state index contributed by atoms with van der Waals surface area (Å²) in [6.07, 6.45) is 10.7. The highest BCUT2D eigenvalue weighted by atomic mass is 32.2. The van der Waals surface area contributed by atoms with Crippen LogP contribution in [0.15, 0.2) is 53.1 Å². The van der Waals surface area contributed by atoms with E-state index in [1.807, 2.05) is 19.1 Å². The minimum atomic E-state index is -3.39. The molecule has 2 aliphatic heterocycles.